The zero-order valence-electron chi connectivity index (χ0n) is 12.3. The SMILES string of the molecule is COCCN(CC(C)C)C(=O)c1ccc(N)c(C)c1. The number of aryl methyl sites for hydroxylation is 1. The van der Waals surface area contributed by atoms with E-state index in [1.807, 2.05) is 17.9 Å². The number of ether oxygens (including phenoxy) is 1. The van der Waals surface area contributed by atoms with E-state index < -0.39 is 0 Å². The lowest BCUT2D eigenvalue weighted by molar-refractivity contribution is 0.0672. The quantitative estimate of drug-likeness (QED) is 0.802. The van der Waals surface area contributed by atoms with Crippen molar-refractivity contribution in [3.63, 3.8) is 0 Å². The van der Waals surface area contributed by atoms with Crippen molar-refractivity contribution in [1.82, 2.24) is 4.90 Å². The van der Waals surface area contributed by atoms with E-state index in [1.54, 1.807) is 19.2 Å². The number of anilines is 1. The van der Waals surface area contributed by atoms with Gasteiger partial charge in [-0.2, -0.15) is 0 Å². The molecule has 0 fully saturated rings. The molecule has 0 aliphatic heterocycles. The minimum absolute atomic E-state index is 0.0360. The lowest BCUT2D eigenvalue weighted by Crippen LogP contribution is -2.36. The highest BCUT2D eigenvalue weighted by Crippen LogP contribution is 2.15. The first-order valence-electron chi connectivity index (χ1n) is 6.60. The van der Waals surface area contributed by atoms with Crippen molar-refractivity contribution in [3.8, 4) is 0 Å². The number of carbonyl (C=O) groups is 1. The molecule has 0 heterocycles. The maximum atomic E-state index is 12.5. The number of nitrogens with zero attached hydrogens (tertiary/aromatic N) is 1. The summed E-state index contributed by atoms with van der Waals surface area (Å²) in [7, 11) is 1.64. The summed E-state index contributed by atoms with van der Waals surface area (Å²) in [4.78, 5) is 14.3. The molecule has 0 aliphatic rings. The molecule has 2 N–H and O–H groups in total. The maximum absolute atomic E-state index is 12.5. The van der Waals surface area contributed by atoms with Crippen LogP contribution in [0.1, 0.15) is 29.8 Å². The Labute approximate surface area is 115 Å². The van der Waals surface area contributed by atoms with Gasteiger partial charge < -0.3 is 15.4 Å². The van der Waals surface area contributed by atoms with Crippen molar-refractivity contribution in [2.24, 2.45) is 5.92 Å². The summed E-state index contributed by atoms with van der Waals surface area (Å²) in [6, 6.07) is 5.41. The number of methoxy groups -OCH3 is 1. The summed E-state index contributed by atoms with van der Waals surface area (Å²) in [5, 5.41) is 0. The Kier molecular flexibility index (Phi) is 5.83. The van der Waals surface area contributed by atoms with E-state index in [1.165, 1.54) is 0 Å². The largest absolute Gasteiger partial charge is 0.399 e. The number of hydrogen-bond donors (Lipinski definition) is 1. The van der Waals surface area contributed by atoms with Crippen molar-refractivity contribution in [3.05, 3.63) is 29.3 Å². The second kappa shape index (κ2) is 7.14. The molecule has 0 radical (unpaired) electrons. The van der Waals surface area contributed by atoms with Crippen molar-refractivity contribution in [1.29, 1.82) is 0 Å². The Morgan fingerprint density at radius 3 is 2.63 bits per heavy atom. The lowest BCUT2D eigenvalue weighted by Gasteiger charge is -2.24. The van der Waals surface area contributed by atoms with Crippen LogP contribution in [0.25, 0.3) is 0 Å². The van der Waals surface area contributed by atoms with Gasteiger partial charge in [0, 0.05) is 31.5 Å². The number of hydrogen-bond acceptors (Lipinski definition) is 3. The van der Waals surface area contributed by atoms with Gasteiger partial charge in [0.15, 0.2) is 0 Å². The normalized spacial score (nSPS) is 10.8. The summed E-state index contributed by atoms with van der Waals surface area (Å²) in [6.45, 7) is 7.99. The van der Waals surface area contributed by atoms with Crippen LogP contribution in [-0.4, -0.2) is 37.6 Å². The van der Waals surface area contributed by atoms with Crippen molar-refractivity contribution in [2.75, 3.05) is 32.5 Å². The molecule has 0 aliphatic carbocycles. The molecule has 19 heavy (non-hydrogen) atoms. The van der Waals surface area contributed by atoms with Gasteiger partial charge in [-0.1, -0.05) is 13.8 Å². The van der Waals surface area contributed by atoms with E-state index in [4.69, 9.17) is 10.5 Å². The third-order valence-corrected chi connectivity index (χ3v) is 2.95. The van der Waals surface area contributed by atoms with E-state index in [2.05, 4.69) is 13.8 Å². The molecule has 0 saturated heterocycles. The van der Waals surface area contributed by atoms with Gasteiger partial charge in [-0.05, 0) is 36.6 Å². The van der Waals surface area contributed by atoms with Gasteiger partial charge in [-0.25, -0.2) is 0 Å². The Morgan fingerprint density at radius 1 is 1.42 bits per heavy atom. The van der Waals surface area contributed by atoms with Crippen molar-refractivity contribution < 1.29 is 9.53 Å². The molecule has 0 unspecified atom stereocenters. The molecule has 4 heteroatoms. The summed E-state index contributed by atoms with van der Waals surface area (Å²) < 4.78 is 5.07. The third kappa shape index (κ3) is 4.56. The van der Waals surface area contributed by atoms with Gasteiger partial charge in [0.25, 0.3) is 5.91 Å². The summed E-state index contributed by atoms with van der Waals surface area (Å²) >= 11 is 0. The number of nitrogens with two attached hydrogens (primary N) is 1. The third-order valence-electron chi connectivity index (χ3n) is 2.95. The van der Waals surface area contributed by atoms with Crippen LogP contribution in [0.3, 0.4) is 0 Å². The maximum Gasteiger partial charge on any atom is 0.253 e. The average Bonchev–Trinajstić information content (AvgIpc) is 2.36. The van der Waals surface area contributed by atoms with E-state index in [9.17, 15) is 4.79 Å². The summed E-state index contributed by atoms with van der Waals surface area (Å²) in [6.07, 6.45) is 0. The van der Waals surface area contributed by atoms with Gasteiger partial charge in [-0.15, -0.1) is 0 Å². The average molecular weight is 264 g/mol. The Hall–Kier alpha value is -1.55. The van der Waals surface area contributed by atoms with E-state index in [0.717, 1.165) is 12.1 Å². The van der Waals surface area contributed by atoms with Gasteiger partial charge >= 0.3 is 0 Å². The highest BCUT2D eigenvalue weighted by molar-refractivity contribution is 5.94. The van der Waals surface area contributed by atoms with Crippen LogP contribution in [0.2, 0.25) is 0 Å². The first-order chi connectivity index (χ1) is 8.95. The second-order valence-corrected chi connectivity index (χ2v) is 5.21. The minimum Gasteiger partial charge on any atom is -0.399 e. The van der Waals surface area contributed by atoms with Crippen LogP contribution in [0.5, 0.6) is 0 Å². The molecule has 0 saturated carbocycles. The zero-order chi connectivity index (χ0) is 14.4. The molecular weight excluding hydrogens is 240 g/mol. The molecule has 1 amide bonds. The fourth-order valence-electron chi connectivity index (χ4n) is 1.91. The Bertz CT molecular complexity index is 430. The molecule has 0 spiro atoms. The van der Waals surface area contributed by atoms with E-state index in [0.29, 0.717) is 30.3 Å². The van der Waals surface area contributed by atoms with Gasteiger partial charge in [-0.3, -0.25) is 4.79 Å². The van der Waals surface area contributed by atoms with Gasteiger partial charge in [0.2, 0.25) is 0 Å². The van der Waals surface area contributed by atoms with Crippen LogP contribution in [-0.2, 0) is 4.74 Å². The standard InChI is InChI=1S/C15H24N2O2/c1-11(2)10-17(7-8-19-4)15(18)13-5-6-14(16)12(3)9-13/h5-6,9,11H,7-8,10,16H2,1-4H3. The van der Waals surface area contributed by atoms with E-state index >= 15 is 0 Å². The molecular formula is C15H24N2O2. The number of carbonyl (C=O) groups excluding carboxylic acids is 1. The molecule has 4 nitrogen and oxygen atoms in total. The Morgan fingerprint density at radius 2 is 2.11 bits per heavy atom. The Balaban J connectivity index is 2.87. The minimum atomic E-state index is 0.0360. The molecule has 1 aromatic carbocycles. The molecule has 0 aromatic heterocycles. The topological polar surface area (TPSA) is 55.6 Å². The number of nitrogen functional groups attached to an aromatic ring is 1. The smallest absolute Gasteiger partial charge is 0.253 e. The van der Waals surface area contributed by atoms with Gasteiger partial charge in [0.1, 0.15) is 0 Å². The first kappa shape index (κ1) is 15.5. The monoisotopic (exact) mass is 264 g/mol. The number of rotatable bonds is 6. The van der Waals surface area contributed by atoms with Crippen molar-refractivity contribution >= 4 is 11.6 Å². The summed E-state index contributed by atoms with van der Waals surface area (Å²) in [5.74, 6) is 0.463. The van der Waals surface area contributed by atoms with Crippen LogP contribution < -0.4 is 5.73 Å². The molecule has 106 valence electrons. The van der Waals surface area contributed by atoms with Crippen LogP contribution >= 0.6 is 0 Å². The van der Waals surface area contributed by atoms with Crippen LogP contribution in [0.15, 0.2) is 18.2 Å². The first-order valence-corrected chi connectivity index (χ1v) is 6.60. The zero-order valence-corrected chi connectivity index (χ0v) is 12.3. The van der Waals surface area contributed by atoms with Crippen LogP contribution in [0.4, 0.5) is 5.69 Å². The summed E-state index contributed by atoms with van der Waals surface area (Å²) in [5.41, 5.74) is 8.11. The second-order valence-electron chi connectivity index (χ2n) is 5.21. The highest BCUT2D eigenvalue weighted by atomic mass is 16.5. The fraction of sp³-hybridized carbons (Fsp3) is 0.533. The number of benzene rings is 1. The molecule has 1 aromatic rings. The number of amides is 1. The van der Waals surface area contributed by atoms with E-state index in [-0.39, 0.29) is 5.91 Å². The lowest BCUT2D eigenvalue weighted by atomic mass is 10.1. The van der Waals surface area contributed by atoms with Crippen LogP contribution in [0, 0.1) is 12.8 Å². The van der Waals surface area contributed by atoms with Crippen molar-refractivity contribution in [2.45, 2.75) is 20.8 Å². The predicted molar refractivity (Wildman–Crippen MR) is 78.2 cm³/mol. The highest BCUT2D eigenvalue weighted by Gasteiger charge is 2.17. The predicted octanol–water partition coefficient (Wildman–Crippen LogP) is 2.32. The fourth-order valence-corrected chi connectivity index (χ4v) is 1.91. The molecule has 0 bridgehead atoms. The van der Waals surface area contributed by atoms with Gasteiger partial charge in [0.05, 0.1) is 6.61 Å². The molecule has 1 rings (SSSR count). The molecule has 0 atom stereocenters.